The van der Waals surface area contributed by atoms with Crippen molar-refractivity contribution in [2.45, 2.75) is 19.8 Å². The second-order valence-electron chi connectivity index (χ2n) is 3.60. The lowest BCUT2D eigenvalue weighted by Gasteiger charge is -2.18. The summed E-state index contributed by atoms with van der Waals surface area (Å²) in [6.45, 7) is 4.43. The van der Waals surface area contributed by atoms with Crippen LogP contribution in [0.3, 0.4) is 0 Å². The van der Waals surface area contributed by atoms with Crippen molar-refractivity contribution in [2.24, 2.45) is 0 Å². The van der Waals surface area contributed by atoms with E-state index >= 15 is 0 Å². The lowest BCUT2D eigenvalue weighted by molar-refractivity contribution is 0.674. The lowest BCUT2D eigenvalue weighted by atomic mass is 9.97. The van der Waals surface area contributed by atoms with Crippen LogP contribution in [0.4, 0.5) is 0 Å². The van der Waals surface area contributed by atoms with Gasteiger partial charge in [0.25, 0.3) is 0 Å². The number of rotatable bonds is 0. The van der Waals surface area contributed by atoms with E-state index in [1.165, 1.54) is 12.0 Å². The van der Waals surface area contributed by atoms with Crippen molar-refractivity contribution in [1.82, 2.24) is 5.32 Å². The minimum atomic E-state index is 1.09. The lowest BCUT2D eigenvalue weighted by Crippen LogP contribution is -2.24. The van der Waals surface area contributed by atoms with Crippen LogP contribution in [-0.2, 0) is 0 Å². The van der Waals surface area contributed by atoms with Crippen LogP contribution in [0.25, 0.3) is 0 Å². The molecule has 0 bridgehead atoms. The summed E-state index contributed by atoms with van der Waals surface area (Å²) in [5, 5.41) is 3.41. The van der Waals surface area contributed by atoms with E-state index < -0.39 is 0 Å². The molecule has 1 aliphatic carbocycles. The van der Waals surface area contributed by atoms with Gasteiger partial charge in [-0.2, -0.15) is 0 Å². The monoisotopic (exact) mass is 161 g/mol. The van der Waals surface area contributed by atoms with Crippen molar-refractivity contribution in [3.63, 3.8) is 0 Å². The number of nitrogens with one attached hydrogen (secondary N) is 1. The normalized spacial score (nSPS) is 23.2. The largest absolute Gasteiger partial charge is 0.313 e. The second kappa shape index (κ2) is 3.28. The molecule has 1 heteroatoms. The minimum absolute atomic E-state index is 1.09. The van der Waals surface area contributed by atoms with E-state index in [1.807, 2.05) is 0 Å². The van der Waals surface area contributed by atoms with Gasteiger partial charge in [-0.3, -0.25) is 0 Å². The van der Waals surface area contributed by atoms with Crippen LogP contribution in [0, 0.1) is 0 Å². The summed E-state index contributed by atoms with van der Waals surface area (Å²) in [5.74, 6) is 0. The molecule has 1 heterocycles. The zero-order chi connectivity index (χ0) is 8.39. The van der Waals surface area contributed by atoms with Crippen LogP contribution in [-0.4, -0.2) is 13.1 Å². The van der Waals surface area contributed by atoms with Crippen LogP contribution in [0.5, 0.6) is 0 Å². The smallest absolute Gasteiger partial charge is 0.0173 e. The third kappa shape index (κ3) is 1.51. The van der Waals surface area contributed by atoms with Gasteiger partial charge in [-0.25, -0.2) is 0 Å². The van der Waals surface area contributed by atoms with Crippen molar-refractivity contribution in [3.05, 3.63) is 34.9 Å². The van der Waals surface area contributed by atoms with Gasteiger partial charge in [0, 0.05) is 6.54 Å². The highest BCUT2D eigenvalue weighted by atomic mass is 14.9. The molecule has 1 nitrogen and oxygen atoms in total. The molecule has 1 N–H and O–H groups in total. The maximum Gasteiger partial charge on any atom is 0.0173 e. The van der Waals surface area contributed by atoms with Gasteiger partial charge in [-0.1, -0.05) is 23.8 Å². The summed E-state index contributed by atoms with van der Waals surface area (Å²) in [6, 6.07) is 0. The van der Waals surface area contributed by atoms with Crippen molar-refractivity contribution >= 4 is 0 Å². The van der Waals surface area contributed by atoms with Crippen molar-refractivity contribution < 1.29 is 0 Å². The third-order valence-electron chi connectivity index (χ3n) is 2.53. The van der Waals surface area contributed by atoms with Crippen LogP contribution < -0.4 is 5.32 Å². The summed E-state index contributed by atoms with van der Waals surface area (Å²) >= 11 is 0. The highest BCUT2D eigenvalue weighted by Crippen LogP contribution is 2.23. The molecular weight excluding hydrogens is 146 g/mol. The maximum atomic E-state index is 3.41. The molecule has 0 aromatic carbocycles. The summed E-state index contributed by atoms with van der Waals surface area (Å²) in [5.41, 5.74) is 4.62. The quantitative estimate of drug-likeness (QED) is 0.574. The van der Waals surface area contributed by atoms with Crippen molar-refractivity contribution in [3.8, 4) is 0 Å². The van der Waals surface area contributed by atoms with Crippen LogP contribution in [0.2, 0.25) is 0 Å². The summed E-state index contributed by atoms with van der Waals surface area (Å²) in [7, 11) is 0. The molecule has 0 fully saturated rings. The van der Waals surface area contributed by atoms with E-state index in [4.69, 9.17) is 0 Å². The molecular formula is C11H15N. The number of hydrogen-bond donors (Lipinski definition) is 1. The van der Waals surface area contributed by atoms with Crippen LogP contribution in [0.15, 0.2) is 34.9 Å². The number of hydrogen-bond acceptors (Lipinski definition) is 1. The van der Waals surface area contributed by atoms with Gasteiger partial charge in [0.2, 0.25) is 0 Å². The Bertz CT molecular complexity index is 269. The Balaban J connectivity index is 2.27. The van der Waals surface area contributed by atoms with Gasteiger partial charge in [0.05, 0.1) is 0 Å². The van der Waals surface area contributed by atoms with E-state index in [0.717, 1.165) is 19.5 Å². The average Bonchev–Trinajstić information content (AvgIpc) is 2.25. The molecule has 64 valence electrons. The predicted octanol–water partition coefficient (Wildman–Crippen LogP) is 2.18. The Hall–Kier alpha value is -0.820. The van der Waals surface area contributed by atoms with E-state index in [2.05, 4.69) is 30.5 Å². The Labute approximate surface area is 73.9 Å². The first-order chi connectivity index (χ1) is 5.86. The molecule has 0 spiro atoms. The van der Waals surface area contributed by atoms with Gasteiger partial charge in [0.1, 0.15) is 0 Å². The molecule has 0 amide bonds. The van der Waals surface area contributed by atoms with E-state index in [9.17, 15) is 0 Å². The summed E-state index contributed by atoms with van der Waals surface area (Å²) in [4.78, 5) is 0. The Kier molecular flexibility index (Phi) is 2.13. The summed E-state index contributed by atoms with van der Waals surface area (Å²) < 4.78 is 0. The third-order valence-corrected chi connectivity index (χ3v) is 2.53. The first-order valence-corrected chi connectivity index (χ1v) is 4.62. The van der Waals surface area contributed by atoms with Crippen molar-refractivity contribution in [2.75, 3.05) is 13.1 Å². The highest BCUT2D eigenvalue weighted by molar-refractivity contribution is 5.37. The minimum Gasteiger partial charge on any atom is -0.313 e. The second-order valence-corrected chi connectivity index (χ2v) is 3.60. The van der Waals surface area contributed by atoms with Crippen LogP contribution in [0.1, 0.15) is 19.8 Å². The Morgan fingerprint density at radius 1 is 1.42 bits per heavy atom. The van der Waals surface area contributed by atoms with Crippen molar-refractivity contribution in [1.29, 1.82) is 0 Å². The highest BCUT2D eigenvalue weighted by Gasteiger charge is 2.11. The molecule has 0 aromatic heterocycles. The topological polar surface area (TPSA) is 12.0 Å². The molecule has 0 aromatic rings. The molecule has 0 unspecified atom stereocenters. The van der Waals surface area contributed by atoms with Gasteiger partial charge in [0.15, 0.2) is 0 Å². The molecule has 1 aliphatic heterocycles. The van der Waals surface area contributed by atoms with E-state index in [-0.39, 0.29) is 0 Å². The SMILES string of the molecule is CC1=CC=CC2=C(CNCC2)C1. The molecule has 2 rings (SSSR count). The fourth-order valence-electron chi connectivity index (χ4n) is 1.85. The maximum absolute atomic E-state index is 3.41. The summed E-state index contributed by atoms with van der Waals surface area (Å²) in [6.07, 6.45) is 9.04. The van der Waals surface area contributed by atoms with Crippen LogP contribution >= 0.6 is 0 Å². The first kappa shape index (κ1) is 7.81. The predicted molar refractivity (Wildman–Crippen MR) is 52.0 cm³/mol. The Morgan fingerprint density at radius 3 is 3.25 bits per heavy atom. The molecule has 0 atom stereocenters. The number of allylic oxidation sites excluding steroid dienone is 4. The zero-order valence-electron chi connectivity index (χ0n) is 7.56. The molecule has 0 saturated heterocycles. The fourth-order valence-corrected chi connectivity index (χ4v) is 1.85. The molecule has 0 radical (unpaired) electrons. The fraction of sp³-hybridized carbons (Fsp3) is 0.455. The zero-order valence-corrected chi connectivity index (χ0v) is 7.56. The molecule has 0 saturated carbocycles. The van der Waals surface area contributed by atoms with E-state index in [0.29, 0.717) is 0 Å². The van der Waals surface area contributed by atoms with Gasteiger partial charge in [-0.15, -0.1) is 0 Å². The van der Waals surface area contributed by atoms with E-state index in [1.54, 1.807) is 11.1 Å². The van der Waals surface area contributed by atoms with Gasteiger partial charge >= 0.3 is 0 Å². The Morgan fingerprint density at radius 2 is 2.33 bits per heavy atom. The average molecular weight is 161 g/mol. The van der Waals surface area contributed by atoms with Gasteiger partial charge < -0.3 is 5.32 Å². The molecule has 12 heavy (non-hydrogen) atoms. The standard InChI is InChI=1S/C11H15N/c1-9-3-2-4-10-5-6-12-8-11(10)7-9/h2-4,12H,5-8H2,1H3. The first-order valence-electron chi connectivity index (χ1n) is 4.62. The van der Waals surface area contributed by atoms with Gasteiger partial charge in [-0.05, 0) is 37.5 Å². The molecule has 2 aliphatic rings.